The van der Waals surface area contributed by atoms with E-state index in [1.165, 1.54) is 0 Å². The molecule has 0 aliphatic heterocycles. The minimum absolute atomic E-state index is 0.0271. The van der Waals surface area contributed by atoms with Crippen molar-refractivity contribution in [1.29, 1.82) is 0 Å². The first kappa shape index (κ1) is 18.5. The Labute approximate surface area is 137 Å². The van der Waals surface area contributed by atoms with Crippen molar-refractivity contribution in [2.45, 2.75) is 20.8 Å². The van der Waals surface area contributed by atoms with Crippen molar-refractivity contribution in [2.24, 2.45) is 0 Å². The lowest BCUT2D eigenvalue weighted by Gasteiger charge is -2.22. The molecule has 0 radical (unpaired) electrons. The maximum Gasteiger partial charge on any atom is 0.238 e. The van der Waals surface area contributed by atoms with Crippen molar-refractivity contribution in [3.8, 4) is 0 Å². The quantitative estimate of drug-likeness (QED) is 0.837. The molecule has 0 unspecified atom stereocenters. The average molecular weight is 326 g/mol. The van der Waals surface area contributed by atoms with Crippen LogP contribution in [0.3, 0.4) is 0 Å². The van der Waals surface area contributed by atoms with Crippen LogP contribution >= 0.6 is 11.6 Å². The fraction of sp³-hybridized carbons (Fsp3) is 0.500. The van der Waals surface area contributed by atoms with Gasteiger partial charge in [0.05, 0.1) is 13.1 Å². The molecule has 1 rings (SSSR count). The molecule has 0 fully saturated rings. The Balaban J connectivity index is 2.54. The van der Waals surface area contributed by atoms with Gasteiger partial charge in [0.2, 0.25) is 11.8 Å². The van der Waals surface area contributed by atoms with E-state index in [4.69, 9.17) is 11.6 Å². The van der Waals surface area contributed by atoms with E-state index in [0.29, 0.717) is 23.8 Å². The number of carbonyl (C=O) groups is 2. The molecule has 0 atom stereocenters. The molecule has 0 heterocycles. The number of benzene rings is 1. The largest absolute Gasteiger partial charge is 0.342 e. The van der Waals surface area contributed by atoms with Crippen LogP contribution in [0.2, 0.25) is 5.02 Å². The third-order valence-electron chi connectivity index (χ3n) is 3.41. The Kier molecular flexibility index (Phi) is 7.35. The van der Waals surface area contributed by atoms with E-state index in [-0.39, 0.29) is 24.9 Å². The summed E-state index contributed by atoms with van der Waals surface area (Å²) in [6.45, 7) is 7.52. The fourth-order valence-corrected chi connectivity index (χ4v) is 2.30. The molecule has 2 amide bonds. The van der Waals surface area contributed by atoms with E-state index in [1.807, 2.05) is 26.8 Å². The minimum Gasteiger partial charge on any atom is -0.342 e. The standard InChI is InChI=1S/C16H24ClN3O2/c1-5-20(6-2)16(22)11-19(4)10-15(21)18-14-9-13(17)8-7-12(14)3/h7-9H,5-6,10-11H2,1-4H3,(H,18,21). The number of hydrogen-bond donors (Lipinski definition) is 1. The molecule has 1 N–H and O–H groups in total. The van der Waals surface area contributed by atoms with Crippen LogP contribution in [0.5, 0.6) is 0 Å². The molecule has 6 heteroatoms. The van der Waals surface area contributed by atoms with E-state index in [2.05, 4.69) is 5.32 Å². The van der Waals surface area contributed by atoms with E-state index in [9.17, 15) is 9.59 Å². The van der Waals surface area contributed by atoms with Gasteiger partial charge in [-0.3, -0.25) is 14.5 Å². The second-order valence-electron chi connectivity index (χ2n) is 5.25. The summed E-state index contributed by atoms with van der Waals surface area (Å²) in [7, 11) is 1.76. The van der Waals surface area contributed by atoms with Gasteiger partial charge in [0.15, 0.2) is 0 Å². The van der Waals surface area contributed by atoms with Crippen molar-refractivity contribution < 1.29 is 9.59 Å². The first-order valence-corrected chi connectivity index (χ1v) is 7.77. The molecule has 0 aliphatic rings. The van der Waals surface area contributed by atoms with Gasteiger partial charge in [0.1, 0.15) is 0 Å². The number of hydrogen-bond acceptors (Lipinski definition) is 3. The molecule has 0 saturated carbocycles. The zero-order valence-corrected chi connectivity index (χ0v) is 14.4. The highest BCUT2D eigenvalue weighted by Crippen LogP contribution is 2.19. The van der Waals surface area contributed by atoms with Crippen LogP contribution < -0.4 is 5.32 Å². The highest BCUT2D eigenvalue weighted by molar-refractivity contribution is 6.31. The third kappa shape index (κ3) is 5.66. The predicted molar refractivity (Wildman–Crippen MR) is 90.2 cm³/mol. The molecule has 0 aromatic heterocycles. The summed E-state index contributed by atoms with van der Waals surface area (Å²) in [5.74, 6) is -0.139. The second-order valence-corrected chi connectivity index (χ2v) is 5.68. The van der Waals surface area contributed by atoms with Crippen molar-refractivity contribution >= 4 is 29.1 Å². The summed E-state index contributed by atoms with van der Waals surface area (Å²) in [4.78, 5) is 27.5. The van der Waals surface area contributed by atoms with Gasteiger partial charge < -0.3 is 10.2 Å². The molecule has 22 heavy (non-hydrogen) atoms. The number of nitrogens with zero attached hydrogens (tertiary/aromatic N) is 2. The third-order valence-corrected chi connectivity index (χ3v) is 3.64. The van der Waals surface area contributed by atoms with E-state index in [0.717, 1.165) is 5.56 Å². The maximum atomic E-state index is 12.1. The molecular weight excluding hydrogens is 302 g/mol. The first-order valence-electron chi connectivity index (χ1n) is 7.39. The number of likely N-dealkylation sites (N-methyl/N-ethyl adjacent to an activating group) is 2. The number of anilines is 1. The molecular formula is C16H24ClN3O2. The Bertz CT molecular complexity index is 530. The number of nitrogens with one attached hydrogen (secondary N) is 1. The van der Waals surface area contributed by atoms with Gasteiger partial charge >= 0.3 is 0 Å². The Hall–Kier alpha value is -1.59. The number of rotatable bonds is 7. The fourth-order valence-electron chi connectivity index (χ4n) is 2.13. The van der Waals surface area contributed by atoms with Crippen LogP contribution in [0.15, 0.2) is 18.2 Å². The van der Waals surface area contributed by atoms with Crippen molar-refractivity contribution in [3.05, 3.63) is 28.8 Å². The lowest BCUT2D eigenvalue weighted by atomic mass is 10.2. The topological polar surface area (TPSA) is 52.7 Å². The maximum absolute atomic E-state index is 12.1. The van der Waals surface area contributed by atoms with Gasteiger partial charge in [-0.1, -0.05) is 17.7 Å². The van der Waals surface area contributed by atoms with Crippen LogP contribution in [-0.2, 0) is 9.59 Å². The van der Waals surface area contributed by atoms with Gasteiger partial charge in [-0.05, 0) is 45.5 Å². The number of carbonyl (C=O) groups excluding carboxylic acids is 2. The Morgan fingerprint density at radius 3 is 2.41 bits per heavy atom. The lowest BCUT2D eigenvalue weighted by molar-refractivity contribution is -0.132. The van der Waals surface area contributed by atoms with E-state index >= 15 is 0 Å². The molecule has 1 aromatic rings. The minimum atomic E-state index is -0.166. The summed E-state index contributed by atoms with van der Waals surface area (Å²) >= 11 is 5.93. The Morgan fingerprint density at radius 1 is 1.18 bits per heavy atom. The Morgan fingerprint density at radius 2 is 1.82 bits per heavy atom. The summed E-state index contributed by atoms with van der Waals surface area (Å²) in [5.41, 5.74) is 1.64. The molecule has 0 aliphatic carbocycles. The number of amides is 2. The monoisotopic (exact) mass is 325 g/mol. The normalized spacial score (nSPS) is 10.6. The van der Waals surface area contributed by atoms with Crippen LogP contribution in [0, 0.1) is 6.92 Å². The number of halogens is 1. The zero-order chi connectivity index (χ0) is 16.7. The summed E-state index contributed by atoms with van der Waals surface area (Å²) in [6.07, 6.45) is 0. The summed E-state index contributed by atoms with van der Waals surface area (Å²) < 4.78 is 0. The van der Waals surface area contributed by atoms with Gasteiger partial charge in [-0.2, -0.15) is 0 Å². The number of aryl methyl sites for hydroxylation is 1. The van der Waals surface area contributed by atoms with Crippen molar-refractivity contribution in [3.63, 3.8) is 0 Å². The van der Waals surface area contributed by atoms with Crippen LogP contribution in [0.25, 0.3) is 0 Å². The molecule has 5 nitrogen and oxygen atoms in total. The smallest absolute Gasteiger partial charge is 0.238 e. The second kappa shape index (κ2) is 8.76. The van der Waals surface area contributed by atoms with Crippen molar-refractivity contribution in [1.82, 2.24) is 9.80 Å². The van der Waals surface area contributed by atoms with Crippen LogP contribution in [-0.4, -0.2) is 54.8 Å². The van der Waals surface area contributed by atoms with E-state index in [1.54, 1.807) is 29.0 Å². The van der Waals surface area contributed by atoms with Crippen LogP contribution in [0.1, 0.15) is 19.4 Å². The van der Waals surface area contributed by atoms with Gasteiger partial charge in [-0.25, -0.2) is 0 Å². The van der Waals surface area contributed by atoms with Crippen LogP contribution in [0.4, 0.5) is 5.69 Å². The molecule has 0 spiro atoms. The molecule has 1 aromatic carbocycles. The van der Waals surface area contributed by atoms with Gasteiger partial charge in [0, 0.05) is 23.8 Å². The molecule has 0 saturated heterocycles. The summed E-state index contributed by atoms with van der Waals surface area (Å²) in [6, 6.07) is 5.35. The summed E-state index contributed by atoms with van der Waals surface area (Å²) in [5, 5.41) is 3.40. The van der Waals surface area contributed by atoms with E-state index < -0.39 is 0 Å². The predicted octanol–water partition coefficient (Wildman–Crippen LogP) is 2.39. The molecule has 122 valence electrons. The molecule has 0 bridgehead atoms. The average Bonchev–Trinajstić information content (AvgIpc) is 2.43. The lowest BCUT2D eigenvalue weighted by Crippen LogP contribution is -2.41. The zero-order valence-electron chi connectivity index (χ0n) is 13.6. The highest BCUT2D eigenvalue weighted by Gasteiger charge is 2.15. The van der Waals surface area contributed by atoms with Gasteiger partial charge in [-0.15, -0.1) is 0 Å². The highest BCUT2D eigenvalue weighted by atomic mass is 35.5. The SMILES string of the molecule is CCN(CC)C(=O)CN(C)CC(=O)Nc1cc(Cl)ccc1C. The van der Waals surface area contributed by atoms with Crippen molar-refractivity contribution in [2.75, 3.05) is 38.5 Å². The van der Waals surface area contributed by atoms with Gasteiger partial charge in [0.25, 0.3) is 0 Å². The first-order chi connectivity index (χ1) is 10.4.